The Labute approximate surface area is 105 Å². The number of ether oxygens (including phenoxy) is 1. The fraction of sp³-hybridized carbons (Fsp3) is 0.231. The van der Waals surface area contributed by atoms with Crippen LogP contribution in [0.15, 0.2) is 36.5 Å². The van der Waals surface area contributed by atoms with Gasteiger partial charge in [0.05, 0.1) is 5.69 Å². The molecule has 0 spiro atoms. The summed E-state index contributed by atoms with van der Waals surface area (Å²) in [7, 11) is 1.85. The largest absolute Gasteiger partial charge is 0.480 e. The number of nitrogens with zero attached hydrogens (tertiary/aromatic N) is 2. The van der Waals surface area contributed by atoms with Crippen molar-refractivity contribution in [1.29, 1.82) is 0 Å². The van der Waals surface area contributed by atoms with Gasteiger partial charge in [-0.05, 0) is 25.1 Å². The molecule has 5 heteroatoms. The summed E-state index contributed by atoms with van der Waals surface area (Å²) >= 11 is 0. The Kier molecular flexibility index (Phi) is 3.32. The van der Waals surface area contributed by atoms with Crippen LogP contribution in [0.5, 0.6) is 5.75 Å². The molecule has 18 heavy (non-hydrogen) atoms. The lowest BCUT2D eigenvalue weighted by Gasteiger charge is -2.15. The van der Waals surface area contributed by atoms with Crippen LogP contribution in [0.4, 0.5) is 0 Å². The number of carbonyl (C=O) groups is 1. The van der Waals surface area contributed by atoms with Crippen LogP contribution in [-0.4, -0.2) is 21.8 Å². The quantitative estimate of drug-likeness (QED) is 0.883. The van der Waals surface area contributed by atoms with Crippen molar-refractivity contribution in [2.75, 3.05) is 0 Å². The van der Waals surface area contributed by atoms with Gasteiger partial charge >= 0.3 is 0 Å². The number of hydrogen-bond donors (Lipinski definition) is 1. The summed E-state index contributed by atoms with van der Waals surface area (Å²) in [4.78, 5) is 11.0. The number of nitrogens with two attached hydrogens (primary N) is 1. The highest BCUT2D eigenvalue weighted by atomic mass is 16.5. The first-order valence-corrected chi connectivity index (χ1v) is 5.63. The van der Waals surface area contributed by atoms with E-state index >= 15 is 0 Å². The van der Waals surface area contributed by atoms with Crippen LogP contribution in [0.25, 0.3) is 11.3 Å². The third-order valence-corrected chi connectivity index (χ3v) is 2.69. The number of carbonyl (C=O) groups excluding carboxylic acids is 1. The fourth-order valence-electron chi connectivity index (χ4n) is 1.67. The predicted octanol–water partition coefficient (Wildman–Crippen LogP) is 1.34. The maximum Gasteiger partial charge on any atom is 0.258 e. The van der Waals surface area contributed by atoms with E-state index in [1.54, 1.807) is 17.8 Å². The lowest BCUT2D eigenvalue weighted by atomic mass is 10.1. The molecule has 1 aromatic carbocycles. The van der Waals surface area contributed by atoms with E-state index < -0.39 is 12.0 Å². The topological polar surface area (TPSA) is 70.1 Å². The van der Waals surface area contributed by atoms with Crippen molar-refractivity contribution in [1.82, 2.24) is 9.78 Å². The number of aromatic nitrogens is 2. The number of primary amides is 1. The second-order valence-electron chi connectivity index (χ2n) is 4.00. The molecule has 0 radical (unpaired) electrons. The highest BCUT2D eigenvalue weighted by molar-refractivity contribution is 5.79. The highest BCUT2D eigenvalue weighted by Crippen LogP contribution is 2.29. The van der Waals surface area contributed by atoms with Crippen molar-refractivity contribution in [3.63, 3.8) is 0 Å². The number of para-hydroxylation sites is 1. The van der Waals surface area contributed by atoms with Crippen molar-refractivity contribution in [3.05, 3.63) is 36.5 Å². The molecular formula is C13H15N3O2. The van der Waals surface area contributed by atoms with Crippen LogP contribution >= 0.6 is 0 Å². The Morgan fingerprint density at radius 1 is 1.39 bits per heavy atom. The third kappa shape index (κ3) is 2.34. The van der Waals surface area contributed by atoms with E-state index in [-0.39, 0.29) is 0 Å². The summed E-state index contributed by atoms with van der Waals surface area (Å²) in [6, 6.07) is 9.37. The lowest BCUT2D eigenvalue weighted by molar-refractivity contribution is -0.123. The van der Waals surface area contributed by atoms with Crippen LogP contribution in [-0.2, 0) is 11.8 Å². The van der Waals surface area contributed by atoms with Gasteiger partial charge in [-0.1, -0.05) is 12.1 Å². The van der Waals surface area contributed by atoms with E-state index in [2.05, 4.69) is 5.10 Å². The molecule has 0 saturated carbocycles. The van der Waals surface area contributed by atoms with Gasteiger partial charge < -0.3 is 10.5 Å². The van der Waals surface area contributed by atoms with E-state index in [4.69, 9.17) is 10.5 Å². The van der Waals surface area contributed by atoms with E-state index in [1.165, 1.54) is 0 Å². The molecule has 0 aliphatic rings. The standard InChI is InChI=1S/C13H15N3O2/c1-9(13(14)17)18-12-6-4-3-5-10(12)11-7-8-15-16(11)2/h3-9H,1-2H3,(H2,14,17). The zero-order chi connectivity index (χ0) is 13.1. The molecule has 2 N–H and O–H groups in total. The summed E-state index contributed by atoms with van der Waals surface area (Å²) in [5.41, 5.74) is 7.00. The van der Waals surface area contributed by atoms with E-state index in [1.807, 2.05) is 37.4 Å². The maximum atomic E-state index is 11.0. The Morgan fingerprint density at radius 2 is 2.11 bits per heavy atom. The molecule has 1 atom stereocenters. The lowest BCUT2D eigenvalue weighted by Crippen LogP contribution is -2.30. The molecule has 5 nitrogen and oxygen atoms in total. The number of rotatable bonds is 4. The van der Waals surface area contributed by atoms with Gasteiger partial charge in [-0.15, -0.1) is 0 Å². The van der Waals surface area contributed by atoms with Crippen LogP contribution < -0.4 is 10.5 Å². The number of aryl methyl sites for hydroxylation is 1. The Morgan fingerprint density at radius 3 is 2.72 bits per heavy atom. The SMILES string of the molecule is CC(Oc1ccccc1-c1ccnn1C)C(N)=O. The first-order valence-electron chi connectivity index (χ1n) is 5.63. The third-order valence-electron chi connectivity index (χ3n) is 2.69. The molecule has 0 saturated heterocycles. The van der Waals surface area contributed by atoms with E-state index in [0.717, 1.165) is 11.3 Å². The molecule has 1 unspecified atom stereocenters. The first-order chi connectivity index (χ1) is 8.59. The van der Waals surface area contributed by atoms with Gasteiger partial charge in [-0.3, -0.25) is 9.48 Å². The Hall–Kier alpha value is -2.30. The van der Waals surface area contributed by atoms with Crippen molar-refractivity contribution in [2.24, 2.45) is 12.8 Å². The molecule has 2 aromatic rings. The van der Waals surface area contributed by atoms with Crippen molar-refractivity contribution >= 4 is 5.91 Å². The zero-order valence-electron chi connectivity index (χ0n) is 10.3. The Bertz CT molecular complexity index is 563. The summed E-state index contributed by atoms with van der Waals surface area (Å²) in [5, 5.41) is 4.12. The van der Waals surface area contributed by atoms with Crippen LogP contribution in [0.2, 0.25) is 0 Å². The highest BCUT2D eigenvalue weighted by Gasteiger charge is 2.14. The minimum Gasteiger partial charge on any atom is -0.480 e. The maximum absolute atomic E-state index is 11.0. The molecule has 94 valence electrons. The number of benzene rings is 1. The molecule has 0 aliphatic heterocycles. The van der Waals surface area contributed by atoms with E-state index in [9.17, 15) is 4.79 Å². The second-order valence-corrected chi connectivity index (χ2v) is 4.00. The van der Waals surface area contributed by atoms with Gasteiger partial charge in [-0.2, -0.15) is 5.10 Å². The summed E-state index contributed by atoms with van der Waals surface area (Å²) < 4.78 is 7.32. The first kappa shape index (κ1) is 12.2. The minimum absolute atomic E-state index is 0.491. The van der Waals surface area contributed by atoms with Crippen LogP contribution in [0.3, 0.4) is 0 Å². The van der Waals surface area contributed by atoms with E-state index in [0.29, 0.717) is 5.75 Å². The monoisotopic (exact) mass is 245 g/mol. The molecule has 0 fully saturated rings. The average molecular weight is 245 g/mol. The van der Waals surface area contributed by atoms with Crippen LogP contribution in [0, 0.1) is 0 Å². The van der Waals surface area contributed by atoms with Gasteiger partial charge in [0.25, 0.3) is 5.91 Å². The molecule has 1 amide bonds. The number of amides is 1. The van der Waals surface area contributed by atoms with Gasteiger partial charge in [0.15, 0.2) is 6.10 Å². The van der Waals surface area contributed by atoms with Crippen molar-refractivity contribution in [3.8, 4) is 17.0 Å². The fourth-order valence-corrected chi connectivity index (χ4v) is 1.67. The second kappa shape index (κ2) is 4.91. The van der Waals surface area contributed by atoms with Gasteiger partial charge in [0.1, 0.15) is 5.75 Å². The molecule has 0 aliphatic carbocycles. The predicted molar refractivity (Wildman–Crippen MR) is 67.9 cm³/mol. The molecule has 2 rings (SSSR count). The molecular weight excluding hydrogens is 230 g/mol. The number of hydrogen-bond acceptors (Lipinski definition) is 3. The smallest absolute Gasteiger partial charge is 0.258 e. The van der Waals surface area contributed by atoms with Gasteiger partial charge in [0.2, 0.25) is 0 Å². The summed E-state index contributed by atoms with van der Waals surface area (Å²) in [6.07, 6.45) is 1.04. The average Bonchev–Trinajstić information content (AvgIpc) is 2.76. The minimum atomic E-state index is -0.667. The summed E-state index contributed by atoms with van der Waals surface area (Å²) in [5.74, 6) is 0.127. The van der Waals surface area contributed by atoms with Crippen LogP contribution in [0.1, 0.15) is 6.92 Å². The Balaban J connectivity index is 2.38. The van der Waals surface area contributed by atoms with Crippen molar-refractivity contribution in [2.45, 2.75) is 13.0 Å². The van der Waals surface area contributed by atoms with Gasteiger partial charge in [0, 0.05) is 18.8 Å². The molecule has 0 bridgehead atoms. The summed E-state index contributed by atoms with van der Waals surface area (Å²) in [6.45, 7) is 1.63. The molecule has 1 aromatic heterocycles. The molecule has 1 heterocycles. The zero-order valence-corrected chi connectivity index (χ0v) is 10.3. The van der Waals surface area contributed by atoms with Crippen molar-refractivity contribution < 1.29 is 9.53 Å². The van der Waals surface area contributed by atoms with Gasteiger partial charge in [-0.25, -0.2) is 0 Å². The normalized spacial score (nSPS) is 12.1.